The second-order valence-corrected chi connectivity index (χ2v) is 4.22. The summed E-state index contributed by atoms with van der Waals surface area (Å²) in [6, 6.07) is 8.61. The summed E-state index contributed by atoms with van der Waals surface area (Å²) in [6.45, 7) is 1.58. The Labute approximate surface area is 102 Å². The molecule has 0 amide bonds. The molecule has 0 aliphatic carbocycles. The molecule has 0 N–H and O–H groups in total. The van der Waals surface area contributed by atoms with Crippen molar-refractivity contribution in [2.45, 2.75) is 12.8 Å². The van der Waals surface area contributed by atoms with Crippen molar-refractivity contribution in [2.24, 2.45) is 0 Å². The molecule has 2 aromatic rings. The van der Waals surface area contributed by atoms with Crippen LogP contribution >= 0.6 is 11.6 Å². The lowest BCUT2D eigenvalue weighted by Gasteiger charge is -2.13. The minimum atomic E-state index is -0.700. The normalized spacial score (nSPS) is 12.6. The molecule has 0 saturated heterocycles. The van der Waals surface area contributed by atoms with E-state index in [2.05, 4.69) is 0 Å². The number of hydrogen-bond acceptors (Lipinski definition) is 3. The smallest absolute Gasteiger partial charge is 0.245 e. The molecule has 0 aromatic heterocycles. The summed E-state index contributed by atoms with van der Waals surface area (Å²) < 4.78 is 0. The van der Waals surface area contributed by atoms with E-state index in [1.165, 1.54) is 0 Å². The van der Waals surface area contributed by atoms with Crippen molar-refractivity contribution < 1.29 is 4.79 Å². The average molecular weight is 249 g/mol. The van der Waals surface area contributed by atoms with Gasteiger partial charge in [0.15, 0.2) is 5.78 Å². The van der Waals surface area contributed by atoms with Crippen LogP contribution in [-0.4, -0.2) is 5.78 Å². The zero-order valence-electron chi connectivity index (χ0n) is 9.07. The maximum Gasteiger partial charge on any atom is 0.245 e. The van der Waals surface area contributed by atoms with Crippen molar-refractivity contribution in [3.05, 3.63) is 66.9 Å². The quantitative estimate of drug-likeness (QED) is 0.616. The molecule has 3 nitrogen and oxygen atoms in total. The van der Waals surface area contributed by atoms with Gasteiger partial charge in [0, 0.05) is 11.1 Å². The lowest BCUT2D eigenvalue weighted by atomic mass is 9.90. The van der Waals surface area contributed by atoms with E-state index in [-0.39, 0.29) is 16.4 Å². The van der Waals surface area contributed by atoms with Crippen molar-refractivity contribution in [3.63, 3.8) is 0 Å². The first-order valence-corrected chi connectivity index (χ1v) is 5.49. The van der Waals surface area contributed by atoms with E-state index in [4.69, 9.17) is 11.6 Å². The number of carbonyl (C=O) groups is 1. The Balaban J connectivity index is 2.35. The molecule has 0 saturated carbocycles. The predicted molar refractivity (Wildman–Crippen MR) is 65.6 cm³/mol. The molecule has 0 heterocycles. The summed E-state index contributed by atoms with van der Waals surface area (Å²) in [4.78, 5) is 34.3. The van der Waals surface area contributed by atoms with Crippen molar-refractivity contribution in [2.75, 3.05) is 0 Å². The van der Waals surface area contributed by atoms with E-state index in [0.29, 0.717) is 5.56 Å². The van der Waals surface area contributed by atoms with Gasteiger partial charge in [-0.3, -0.25) is 14.4 Å². The van der Waals surface area contributed by atoms with E-state index in [1.807, 2.05) is 0 Å². The minimum absolute atomic E-state index is 0.105. The van der Waals surface area contributed by atoms with Crippen LogP contribution in [-0.2, 0) is 0 Å². The van der Waals surface area contributed by atoms with Gasteiger partial charge in [-0.25, -0.2) is 0 Å². The molecular weight excluding hydrogens is 240 g/mol. The number of halogens is 1. The van der Waals surface area contributed by atoms with Crippen molar-refractivity contribution in [1.29, 1.82) is 0 Å². The van der Waals surface area contributed by atoms with Gasteiger partial charge < -0.3 is 0 Å². The SMILES string of the molecule is CC(C(=O)c1ccccc1)c1c(Cl)c(=O)c1=O. The van der Waals surface area contributed by atoms with E-state index >= 15 is 0 Å². The molecule has 86 valence electrons. The Morgan fingerprint density at radius 2 is 1.71 bits per heavy atom. The number of carbonyl (C=O) groups excluding carboxylic acids is 1. The molecule has 1 atom stereocenters. The molecule has 0 radical (unpaired) electrons. The van der Waals surface area contributed by atoms with Gasteiger partial charge >= 0.3 is 0 Å². The van der Waals surface area contributed by atoms with E-state index in [0.717, 1.165) is 0 Å². The summed E-state index contributed by atoms with van der Waals surface area (Å²) in [5, 5.41) is -0.105. The largest absolute Gasteiger partial charge is 0.294 e. The number of benzene rings is 1. The molecule has 2 aromatic carbocycles. The van der Waals surface area contributed by atoms with Crippen LogP contribution in [0.2, 0.25) is 5.02 Å². The number of Topliss-reactive ketones (excluding diaryl/α,β-unsaturated/α-hetero) is 1. The van der Waals surface area contributed by atoms with Crippen LogP contribution in [0.5, 0.6) is 0 Å². The first kappa shape index (κ1) is 11.7. The Kier molecular flexibility index (Phi) is 2.94. The topological polar surface area (TPSA) is 51.2 Å². The van der Waals surface area contributed by atoms with Gasteiger partial charge in [-0.15, -0.1) is 0 Å². The van der Waals surface area contributed by atoms with Crippen LogP contribution in [0.1, 0.15) is 28.8 Å². The third-order valence-corrected chi connectivity index (χ3v) is 3.15. The van der Waals surface area contributed by atoms with Crippen molar-refractivity contribution in [1.82, 2.24) is 0 Å². The molecule has 2 rings (SSSR count). The molecular formula is C13H9ClO3. The number of rotatable bonds is 3. The molecule has 0 spiro atoms. The predicted octanol–water partition coefficient (Wildman–Crippen LogP) is 1.92. The molecule has 0 aliphatic heterocycles. The summed E-state index contributed by atoms with van der Waals surface area (Å²) in [7, 11) is 0. The maximum absolute atomic E-state index is 12.0. The van der Waals surface area contributed by atoms with Crippen LogP contribution in [0.4, 0.5) is 0 Å². The third-order valence-electron chi connectivity index (χ3n) is 2.77. The molecule has 4 heteroatoms. The average Bonchev–Trinajstić information content (AvgIpc) is 2.38. The fraction of sp³-hybridized carbons (Fsp3) is 0.154. The zero-order valence-corrected chi connectivity index (χ0v) is 9.82. The second-order valence-electron chi connectivity index (χ2n) is 3.84. The van der Waals surface area contributed by atoms with Crippen molar-refractivity contribution >= 4 is 17.4 Å². The van der Waals surface area contributed by atoms with E-state index < -0.39 is 16.8 Å². The first-order chi connectivity index (χ1) is 8.04. The summed E-state index contributed by atoms with van der Waals surface area (Å²) in [5.41, 5.74) is -0.712. The zero-order chi connectivity index (χ0) is 12.6. The van der Waals surface area contributed by atoms with Gasteiger partial charge in [-0.05, 0) is 0 Å². The van der Waals surface area contributed by atoms with Gasteiger partial charge in [0.25, 0.3) is 0 Å². The monoisotopic (exact) mass is 248 g/mol. The van der Waals surface area contributed by atoms with Crippen molar-refractivity contribution in [3.8, 4) is 0 Å². The Hall–Kier alpha value is -1.74. The van der Waals surface area contributed by atoms with E-state index in [1.54, 1.807) is 37.3 Å². The fourth-order valence-corrected chi connectivity index (χ4v) is 2.09. The van der Waals surface area contributed by atoms with Crippen LogP contribution in [0.25, 0.3) is 0 Å². The van der Waals surface area contributed by atoms with Gasteiger partial charge in [0.1, 0.15) is 5.02 Å². The first-order valence-electron chi connectivity index (χ1n) is 5.12. The van der Waals surface area contributed by atoms with Crippen LogP contribution in [0, 0.1) is 0 Å². The number of ketones is 1. The van der Waals surface area contributed by atoms with Gasteiger partial charge in [-0.1, -0.05) is 48.9 Å². The summed E-state index contributed by atoms with van der Waals surface area (Å²) >= 11 is 5.64. The second kappa shape index (κ2) is 4.26. The highest BCUT2D eigenvalue weighted by Crippen LogP contribution is 2.23. The molecule has 0 bridgehead atoms. The summed E-state index contributed by atoms with van der Waals surface area (Å²) in [6.07, 6.45) is 0. The highest BCUT2D eigenvalue weighted by atomic mass is 35.5. The van der Waals surface area contributed by atoms with Gasteiger partial charge in [-0.2, -0.15) is 0 Å². The van der Waals surface area contributed by atoms with Crippen LogP contribution < -0.4 is 10.9 Å². The summed E-state index contributed by atoms with van der Waals surface area (Å²) in [5.74, 6) is -0.880. The lowest BCUT2D eigenvalue weighted by Crippen LogP contribution is -2.38. The standard InChI is InChI=1S/C13H9ClO3/c1-7(9-10(14)13(17)12(9)16)11(15)8-5-3-2-4-6-8/h2-7H,1H3. The van der Waals surface area contributed by atoms with Gasteiger partial charge in [0.05, 0.1) is 5.92 Å². The molecule has 1 unspecified atom stereocenters. The van der Waals surface area contributed by atoms with Crippen LogP contribution in [0.15, 0.2) is 39.9 Å². The minimum Gasteiger partial charge on any atom is -0.294 e. The van der Waals surface area contributed by atoms with Gasteiger partial charge in [0.2, 0.25) is 10.9 Å². The lowest BCUT2D eigenvalue weighted by molar-refractivity contribution is 0.0965. The fourth-order valence-electron chi connectivity index (χ4n) is 1.75. The third kappa shape index (κ3) is 1.83. The maximum atomic E-state index is 12.0. The molecule has 0 aliphatic rings. The molecule has 17 heavy (non-hydrogen) atoms. The highest BCUT2D eigenvalue weighted by Gasteiger charge is 2.28. The Morgan fingerprint density at radius 1 is 1.12 bits per heavy atom. The van der Waals surface area contributed by atoms with Crippen LogP contribution in [0.3, 0.4) is 0 Å². The number of hydrogen-bond donors (Lipinski definition) is 0. The highest BCUT2D eigenvalue weighted by molar-refractivity contribution is 6.32. The van der Waals surface area contributed by atoms with E-state index in [9.17, 15) is 14.4 Å². The Morgan fingerprint density at radius 3 is 2.24 bits per heavy atom. The molecule has 0 fully saturated rings. The Bertz CT molecular complexity index is 636.